The van der Waals surface area contributed by atoms with Crippen LogP contribution in [0.1, 0.15) is 5.01 Å². The van der Waals surface area contributed by atoms with E-state index in [0.717, 1.165) is 32.3 Å². The fourth-order valence-electron chi connectivity index (χ4n) is 2.61. The molecule has 27 heavy (non-hydrogen) atoms. The van der Waals surface area contributed by atoms with E-state index in [1.54, 1.807) is 12.4 Å². The number of fused-ring (bicyclic) bond motifs is 1. The van der Waals surface area contributed by atoms with Gasteiger partial charge < -0.3 is 5.32 Å². The van der Waals surface area contributed by atoms with Crippen molar-refractivity contribution in [3.05, 3.63) is 81.9 Å². The van der Waals surface area contributed by atoms with Crippen molar-refractivity contribution in [1.82, 2.24) is 9.97 Å². The monoisotopic (exact) mass is 432 g/mol. The summed E-state index contributed by atoms with van der Waals surface area (Å²) in [5.41, 5.74) is 4.21. The summed E-state index contributed by atoms with van der Waals surface area (Å²) in [4.78, 5) is 8.92. The molecule has 4 nitrogen and oxygen atoms in total. The second-order valence-corrected chi connectivity index (χ2v) is 7.54. The van der Waals surface area contributed by atoms with E-state index in [0.29, 0.717) is 10.6 Å². The molecule has 4 rings (SSSR count). The van der Waals surface area contributed by atoms with E-state index < -0.39 is 0 Å². The Labute approximate surface area is 169 Å². The van der Waals surface area contributed by atoms with Gasteiger partial charge in [-0.15, -0.1) is 11.3 Å². The van der Waals surface area contributed by atoms with Crippen LogP contribution in [-0.2, 0) is 0 Å². The van der Waals surface area contributed by atoms with Gasteiger partial charge in [0.1, 0.15) is 16.6 Å². The van der Waals surface area contributed by atoms with Gasteiger partial charge in [-0.1, -0.05) is 34.1 Å². The van der Waals surface area contributed by atoms with Gasteiger partial charge in [0.2, 0.25) is 0 Å². The summed E-state index contributed by atoms with van der Waals surface area (Å²) < 4.78 is 1.02. The van der Waals surface area contributed by atoms with Gasteiger partial charge in [0.25, 0.3) is 0 Å². The standard InChI is InChI=1S/C21H13BrN4S/c22-17-5-3-14(4-6-17)20-13-27-21(26-20)16(11-23)12-25-18-7-8-19-15(10-18)2-1-9-24-19/h1-10,12-13,25H/b16-12-. The van der Waals surface area contributed by atoms with Crippen LogP contribution in [0.3, 0.4) is 0 Å². The summed E-state index contributed by atoms with van der Waals surface area (Å²) in [6.07, 6.45) is 3.47. The SMILES string of the molecule is N#C/C(=C/Nc1ccc2ncccc2c1)c1nc(-c2ccc(Br)cc2)cs1. The first-order chi connectivity index (χ1) is 13.2. The molecule has 0 radical (unpaired) electrons. The molecule has 4 aromatic rings. The highest BCUT2D eigenvalue weighted by molar-refractivity contribution is 9.10. The fourth-order valence-corrected chi connectivity index (χ4v) is 3.67. The number of halogens is 1. The zero-order valence-corrected chi connectivity index (χ0v) is 16.5. The van der Waals surface area contributed by atoms with Crippen LogP contribution in [0.5, 0.6) is 0 Å². The summed E-state index contributed by atoms with van der Waals surface area (Å²) in [5, 5.41) is 16.4. The Morgan fingerprint density at radius 2 is 2.00 bits per heavy atom. The smallest absolute Gasteiger partial charge is 0.136 e. The van der Waals surface area contributed by atoms with E-state index in [2.05, 4.69) is 37.3 Å². The summed E-state index contributed by atoms with van der Waals surface area (Å²) in [6.45, 7) is 0. The minimum Gasteiger partial charge on any atom is -0.360 e. The third-order valence-corrected chi connectivity index (χ3v) is 5.39. The number of anilines is 1. The van der Waals surface area contributed by atoms with Crippen LogP contribution in [-0.4, -0.2) is 9.97 Å². The highest BCUT2D eigenvalue weighted by atomic mass is 79.9. The minimum absolute atomic E-state index is 0.495. The summed E-state index contributed by atoms with van der Waals surface area (Å²) >= 11 is 4.89. The van der Waals surface area contributed by atoms with Gasteiger partial charge >= 0.3 is 0 Å². The molecule has 130 valence electrons. The molecule has 0 saturated heterocycles. The Kier molecular flexibility index (Phi) is 4.97. The quantitative estimate of drug-likeness (QED) is 0.395. The number of hydrogen-bond donors (Lipinski definition) is 1. The molecule has 0 unspecified atom stereocenters. The normalized spacial score (nSPS) is 11.3. The lowest BCUT2D eigenvalue weighted by Gasteiger charge is -2.03. The highest BCUT2D eigenvalue weighted by Gasteiger charge is 2.09. The van der Waals surface area contributed by atoms with E-state index in [-0.39, 0.29) is 0 Å². The molecule has 2 aromatic carbocycles. The van der Waals surface area contributed by atoms with Crippen molar-refractivity contribution in [2.24, 2.45) is 0 Å². The maximum atomic E-state index is 9.54. The number of benzene rings is 2. The van der Waals surface area contributed by atoms with Crippen LogP contribution >= 0.6 is 27.3 Å². The molecule has 2 heterocycles. The molecule has 0 aliphatic rings. The summed E-state index contributed by atoms with van der Waals surface area (Å²) in [7, 11) is 0. The lowest BCUT2D eigenvalue weighted by molar-refractivity contribution is 1.36. The van der Waals surface area contributed by atoms with Crippen LogP contribution in [0.2, 0.25) is 0 Å². The number of rotatable bonds is 4. The highest BCUT2D eigenvalue weighted by Crippen LogP contribution is 2.27. The van der Waals surface area contributed by atoms with E-state index >= 15 is 0 Å². The van der Waals surface area contributed by atoms with E-state index in [1.807, 2.05) is 60.0 Å². The van der Waals surface area contributed by atoms with Crippen molar-refractivity contribution in [1.29, 1.82) is 5.26 Å². The zero-order chi connectivity index (χ0) is 18.6. The van der Waals surface area contributed by atoms with Crippen LogP contribution < -0.4 is 5.32 Å². The maximum Gasteiger partial charge on any atom is 0.136 e. The number of aromatic nitrogens is 2. The molecule has 0 aliphatic carbocycles. The third kappa shape index (κ3) is 3.90. The average molecular weight is 433 g/mol. The summed E-state index contributed by atoms with van der Waals surface area (Å²) in [5.74, 6) is 0. The molecule has 0 saturated carbocycles. The Balaban J connectivity index is 1.58. The molecule has 0 bridgehead atoms. The van der Waals surface area contributed by atoms with Gasteiger partial charge in [0.15, 0.2) is 0 Å². The number of allylic oxidation sites excluding steroid dienone is 1. The van der Waals surface area contributed by atoms with E-state index in [1.165, 1.54) is 11.3 Å². The van der Waals surface area contributed by atoms with Gasteiger partial charge in [-0.25, -0.2) is 4.98 Å². The molecular formula is C21H13BrN4S. The van der Waals surface area contributed by atoms with Crippen molar-refractivity contribution in [2.45, 2.75) is 0 Å². The molecule has 2 aromatic heterocycles. The topological polar surface area (TPSA) is 61.6 Å². The van der Waals surface area contributed by atoms with Gasteiger partial charge in [-0.05, 0) is 36.4 Å². The molecule has 1 N–H and O–H groups in total. The molecule has 6 heteroatoms. The second kappa shape index (κ2) is 7.70. The second-order valence-electron chi connectivity index (χ2n) is 5.77. The first-order valence-corrected chi connectivity index (χ1v) is 9.83. The maximum absolute atomic E-state index is 9.54. The van der Waals surface area contributed by atoms with Crippen molar-refractivity contribution < 1.29 is 0 Å². The number of pyridine rings is 1. The van der Waals surface area contributed by atoms with Crippen molar-refractivity contribution in [3.63, 3.8) is 0 Å². The number of hydrogen-bond acceptors (Lipinski definition) is 5. The number of thiazole rings is 1. The third-order valence-electron chi connectivity index (χ3n) is 3.98. The Hall–Kier alpha value is -3.01. The van der Waals surface area contributed by atoms with Crippen LogP contribution in [0.4, 0.5) is 5.69 Å². The molecule has 0 aliphatic heterocycles. The number of nitrogens with one attached hydrogen (secondary N) is 1. The molecule has 0 fully saturated rings. The van der Waals surface area contributed by atoms with Crippen LogP contribution in [0, 0.1) is 11.3 Å². The van der Waals surface area contributed by atoms with Gasteiger partial charge in [0.05, 0.1) is 11.2 Å². The Morgan fingerprint density at radius 3 is 2.81 bits per heavy atom. The fraction of sp³-hybridized carbons (Fsp3) is 0. The first-order valence-electron chi connectivity index (χ1n) is 8.16. The predicted molar refractivity (Wildman–Crippen MR) is 114 cm³/mol. The number of nitriles is 1. The van der Waals surface area contributed by atoms with Crippen LogP contribution in [0.25, 0.3) is 27.7 Å². The Morgan fingerprint density at radius 1 is 1.15 bits per heavy atom. The summed E-state index contributed by atoms with van der Waals surface area (Å²) in [6, 6.07) is 20.0. The molecular weight excluding hydrogens is 420 g/mol. The molecule has 0 atom stereocenters. The van der Waals surface area contributed by atoms with Crippen molar-refractivity contribution in [2.75, 3.05) is 5.32 Å². The molecule has 0 spiro atoms. The van der Waals surface area contributed by atoms with Crippen LogP contribution in [0.15, 0.2) is 76.8 Å². The zero-order valence-electron chi connectivity index (χ0n) is 14.1. The van der Waals surface area contributed by atoms with Gasteiger partial charge in [0, 0.05) is 38.9 Å². The van der Waals surface area contributed by atoms with E-state index in [9.17, 15) is 5.26 Å². The lowest BCUT2D eigenvalue weighted by Crippen LogP contribution is -1.91. The predicted octanol–water partition coefficient (Wildman–Crippen LogP) is 6.10. The first kappa shape index (κ1) is 17.4. The van der Waals surface area contributed by atoms with Gasteiger partial charge in [-0.2, -0.15) is 5.26 Å². The van der Waals surface area contributed by atoms with Gasteiger partial charge in [-0.3, -0.25) is 4.98 Å². The largest absolute Gasteiger partial charge is 0.360 e. The minimum atomic E-state index is 0.495. The Bertz CT molecular complexity index is 1170. The van der Waals surface area contributed by atoms with E-state index in [4.69, 9.17) is 0 Å². The molecule has 0 amide bonds. The van der Waals surface area contributed by atoms with Crippen molar-refractivity contribution in [3.8, 4) is 17.3 Å². The van der Waals surface area contributed by atoms with Crippen molar-refractivity contribution >= 4 is 49.4 Å². The lowest BCUT2D eigenvalue weighted by atomic mass is 10.2. The average Bonchev–Trinajstić information content (AvgIpc) is 3.19. The number of nitrogens with zero attached hydrogens (tertiary/aromatic N) is 3.